The van der Waals surface area contributed by atoms with Gasteiger partial charge in [-0.3, -0.25) is 4.57 Å². The summed E-state index contributed by atoms with van der Waals surface area (Å²) in [4.78, 5) is 10.7. The summed E-state index contributed by atoms with van der Waals surface area (Å²) in [6.45, 7) is 21.4. The number of aromatic nitrogens is 2. The van der Waals surface area contributed by atoms with Crippen LogP contribution < -0.4 is 14.5 Å². The summed E-state index contributed by atoms with van der Waals surface area (Å²) < 4.78 is 9.35. The van der Waals surface area contributed by atoms with Gasteiger partial charge in [0, 0.05) is 45.3 Å². The van der Waals surface area contributed by atoms with Crippen LogP contribution in [0.15, 0.2) is 212 Å². The van der Waals surface area contributed by atoms with Gasteiger partial charge in [0.05, 0.1) is 33.8 Å². The van der Waals surface area contributed by atoms with Gasteiger partial charge in [-0.2, -0.15) is 0 Å². The van der Waals surface area contributed by atoms with Crippen LogP contribution in [0.2, 0.25) is 0 Å². The van der Waals surface area contributed by atoms with Crippen molar-refractivity contribution in [1.29, 1.82) is 0 Å². The molecule has 0 radical (unpaired) electrons. The predicted molar refractivity (Wildman–Crippen MR) is 324 cm³/mol. The van der Waals surface area contributed by atoms with Crippen LogP contribution in [-0.4, -0.2) is 16.2 Å². The smallest absolute Gasteiger partial charge is 0.138 e. The van der Waals surface area contributed by atoms with Crippen LogP contribution in [0.1, 0.15) is 79.0 Å². The average Bonchev–Trinajstić information content (AvgIpc) is 4.06. The van der Waals surface area contributed by atoms with Crippen LogP contribution in [0, 0.1) is 0 Å². The van der Waals surface area contributed by atoms with E-state index in [-0.39, 0.29) is 16.2 Å². The van der Waals surface area contributed by atoms with Crippen LogP contribution >= 0.6 is 0 Å². The molecule has 0 saturated carbocycles. The number of benzene rings is 9. The van der Waals surface area contributed by atoms with Crippen molar-refractivity contribution in [3.63, 3.8) is 0 Å². The zero-order valence-electron chi connectivity index (χ0n) is 45.6. The topological polar surface area (TPSA) is 33.5 Å². The minimum Gasteiger partial charge on any atom is -0.457 e. The normalized spacial score (nSPS) is 13.3. The van der Waals surface area contributed by atoms with Gasteiger partial charge in [0.25, 0.3) is 0 Å². The number of hydrogen-bond donors (Lipinski definition) is 0. The van der Waals surface area contributed by atoms with Gasteiger partial charge in [0.1, 0.15) is 24.0 Å². The van der Waals surface area contributed by atoms with Crippen LogP contribution in [0.4, 0.5) is 22.7 Å². The highest BCUT2D eigenvalue weighted by molar-refractivity contribution is 6.11. The van der Waals surface area contributed by atoms with E-state index in [0.717, 1.165) is 78.6 Å². The van der Waals surface area contributed by atoms with Crippen molar-refractivity contribution in [3.05, 3.63) is 229 Å². The van der Waals surface area contributed by atoms with Gasteiger partial charge in [-0.15, -0.1) is 0 Å². The van der Waals surface area contributed by atoms with E-state index in [9.17, 15) is 0 Å². The Morgan fingerprint density at radius 1 is 0.377 bits per heavy atom. The summed E-state index contributed by atoms with van der Waals surface area (Å²) in [5.74, 6) is 2.37. The van der Waals surface area contributed by atoms with Gasteiger partial charge in [-0.25, -0.2) is 4.98 Å². The first-order chi connectivity index (χ1) is 37.0. The van der Waals surface area contributed by atoms with E-state index in [0.29, 0.717) is 6.67 Å². The molecule has 13 rings (SSSR count). The highest BCUT2D eigenvalue weighted by atomic mass is 16.5. The molecule has 378 valence electrons. The third-order valence-electron chi connectivity index (χ3n) is 15.8. The van der Waals surface area contributed by atoms with Crippen LogP contribution in [0.25, 0.3) is 83.4 Å². The van der Waals surface area contributed by atoms with E-state index >= 15 is 0 Å². The molecule has 9 aromatic carbocycles. The van der Waals surface area contributed by atoms with Crippen molar-refractivity contribution < 1.29 is 4.74 Å². The summed E-state index contributed by atoms with van der Waals surface area (Å²) in [6, 6.07) is 78.3. The van der Waals surface area contributed by atoms with Gasteiger partial charge < -0.3 is 14.5 Å². The molecule has 0 amide bonds. The van der Waals surface area contributed by atoms with Crippen molar-refractivity contribution in [2.45, 2.75) is 78.6 Å². The summed E-state index contributed by atoms with van der Waals surface area (Å²) in [6.07, 6.45) is 0. The molecular formula is C72H64N4O. The summed E-state index contributed by atoms with van der Waals surface area (Å²) in [5, 5.41) is 2.29. The van der Waals surface area contributed by atoms with Gasteiger partial charge in [-0.1, -0.05) is 184 Å². The predicted octanol–water partition coefficient (Wildman–Crippen LogP) is 19.8. The van der Waals surface area contributed by atoms with Crippen molar-refractivity contribution in [3.8, 4) is 73.1 Å². The number of hydrogen-bond acceptors (Lipinski definition) is 4. The fourth-order valence-corrected chi connectivity index (χ4v) is 11.6. The Balaban J connectivity index is 1.11. The van der Waals surface area contributed by atoms with Gasteiger partial charge in [-0.05, 0) is 145 Å². The number of fused-ring (bicyclic) bond motifs is 23. The van der Waals surface area contributed by atoms with E-state index in [4.69, 9.17) is 9.72 Å². The first kappa shape index (κ1) is 48.0. The number of rotatable bonds is 2. The maximum atomic E-state index is 7.01. The Morgan fingerprint density at radius 2 is 1.00 bits per heavy atom. The molecule has 5 nitrogen and oxygen atoms in total. The van der Waals surface area contributed by atoms with Gasteiger partial charge in [0.15, 0.2) is 0 Å². The fraction of sp³-hybridized carbons (Fsp3) is 0.181. The van der Waals surface area contributed by atoms with Crippen LogP contribution in [0.3, 0.4) is 0 Å². The van der Waals surface area contributed by atoms with E-state index in [2.05, 4.69) is 289 Å². The molecule has 0 aliphatic carbocycles. The second kappa shape index (κ2) is 18.0. The Labute approximate surface area is 453 Å². The summed E-state index contributed by atoms with van der Waals surface area (Å²) in [7, 11) is 0. The van der Waals surface area contributed by atoms with Crippen LogP contribution in [-0.2, 0) is 16.2 Å². The quantitative estimate of drug-likeness (QED) is 0.173. The minimum atomic E-state index is -0.177. The third kappa shape index (κ3) is 8.55. The molecule has 10 bridgehead atoms. The first-order valence-corrected chi connectivity index (χ1v) is 27.1. The molecule has 5 heteroatoms. The summed E-state index contributed by atoms with van der Waals surface area (Å²) in [5.41, 5.74) is 21.4. The molecule has 2 aromatic heterocycles. The molecule has 2 aliphatic heterocycles. The SMILES string of the molecule is CC(C)(C)c1cccc(-c2cc(C(C)(C)C)cc3c2N2CN(c4cccc(c4)Oc4ccc5c6cc(-c7ccccc7)ccc6n(c5c4)-c4cc(C(C)(C)C)cc(n4)-c4cccc(c4)-c4ccccc4-3)c3ccccc32)c1. The lowest BCUT2D eigenvalue weighted by molar-refractivity contribution is 0.483. The van der Waals surface area contributed by atoms with E-state index < -0.39 is 0 Å². The van der Waals surface area contributed by atoms with Gasteiger partial charge in [0.2, 0.25) is 0 Å². The maximum Gasteiger partial charge on any atom is 0.138 e. The van der Waals surface area contributed by atoms with Crippen LogP contribution in [0.5, 0.6) is 11.5 Å². The molecule has 0 saturated heterocycles. The molecule has 0 atom stereocenters. The molecule has 0 spiro atoms. The first-order valence-electron chi connectivity index (χ1n) is 27.1. The van der Waals surface area contributed by atoms with Crippen molar-refractivity contribution in [2.24, 2.45) is 0 Å². The highest BCUT2D eigenvalue weighted by Gasteiger charge is 2.34. The standard InChI is InChI=1S/C72H64N4O/c1-70(2,3)51-25-18-23-49(37-51)60-39-52(71(4,5)6)40-62-58-29-14-13-28-57(58)48-22-17-24-50(36-48)63-41-53(72(7,8)9)42-68(73-63)76-64-35-32-47(46-20-11-10-12-21-46)38-61(64)59-34-33-56(44-67(59)76)77-55-27-19-26-54(43-55)74-45-75(69(60)62)66-31-16-15-30-65(66)74/h10-44H,45H2,1-9H3. The Hall–Kier alpha value is -8.67. The molecule has 11 aromatic rings. The molecule has 0 fully saturated rings. The van der Waals surface area contributed by atoms with E-state index in [1.807, 2.05) is 0 Å². The Kier molecular flexibility index (Phi) is 11.2. The minimum absolute atomic E-state index is 0.0418. The molecule has 2 aliphatic rings. The number of pyridine rings is 1. The molecular weight excluding hydrogens is 937 g/mol. The average molecular weight is 1000 g/mol. The monoisotopic (exact) mass is 1000 g/mol. The number of anilines is 4. The lowest BCUT2D eigenvalue weighted by Gasteiger charge is -2.31. The third-order valence-corrected chi connectivity index (χ3v) is 15.8. The second-order valence-electron chi connectivity index (χ2n) is 24.2. The molecule has 0 unspecified atom stereocenters. The maximum absolute atomic E-state index is 7.01. The highest BCUT2D eigenvalue weighted by Crippen LogP contribution is 2.53. The van der Waals surface area contributed by atoms with Crippen molar-refractivity contribution in [1.82, 2.24) is 9.55 Å². The van der Waals surface area contributed by atoms with Crippen molar-refractivity contribution in [2.75, 3.05) is 16.5 Å². The number of nitrogens with zero attached hydrogens (tertiary/aromatic N) is 4. The van der Waals surface area contributed by atoms with E-state index in [1.165, 1.54) is 55.8 Å². The lowest BCUT2D eigenvalue weighted by atomic mass is 9.80. The number of ether oxygens (including phenoxy) is 1. The number of para-hydroxylation sites is 2. The van der Waals surface area contributed by atoms with E-state index in [1.54, 1.807) is 0 Å². The molecule has 77 heavy (non-hydrogen) atoms. The summed E-state index contributed by atoms with van der Waals surface area (Å²) >= 11 is 0. The zero-order valence-corrected chi connectivity index (χ0v) is 45.6. The Bertz CT molecular complexity index is 4120. The molecule has 0 N–H and O–H groups in total. The lowest BCUT2D eigenvalue weighted by Crippen LogP contribution is -2.25. The van der Waals surface area contributed by atoms with Crippen molar-refractivity contribution >= 4 is 44.6 Å². The fourth-order valence-electron chi connectivity index (χ4n) is 11.6. The second-order valence-corrected chi connectivity index (χ2v) is 24.2. The zero-order chi connectivity index (χ0) is 53.0. The Morgan fingerprint density at radius 3 is 1.77 bits per heavy atom. The largest absolute Gasteiger partial charge is 0.457 e. The molecule has 4 heterocycles. The van der Waals surface area contributed by atoms with Gasteiger partial charge >= 0.3 is 0 Å².